The summed E-state index contributed by atoms with van der Waals surface area (Å²) in [5.41, 5.74) is 7.45. The van der Waals surface area contributed by atoms with E-state index in [9.17, 15) is 0 Å². The highest BCUT2D eigenvalue weighted by Crippen LogP contribution is 2.22. The predicted molar refractivity (Wildman–Crippen MR) is 77.9 cm³/mol. The van der Waals surface area contributed by atoms with E-state index in [0.717, 1.165) is 18.6 Å². The molecule has 0 spiro atoms. The third kappa shape index (κ3) is 2.69. The topological polar surface area (TPSA) is 39.2 Å². The van der Waals surface area contributed by atoms with Crippen LogP contribution in [0.4, 0.5) is 0 Å². The van der Waals surface area contributed by atoms with Crippen molar-refractivity contribution in [1.29, 1.82) is 0 Å². The second-order valence-electron chi connectivity index (χ2n) is 4.83. The van der Waals surface area contributed by atoms with Gasteiger partial charge in [-0.15, -0.1) is 0 Å². The Hall–Kier alpha value is -2.06. The molecule has 3 rings (SSSR count). The molecule has 0 aliphatic heterocycles. The van der Waals surface area contributed by atoms with Gasteiger partial charge in [0.2, 0.25) is 0 Å². The number of rotatable bonds is 4. The smallest absolute Gasteiger partial charge is 0.103 e. The van der Waals surface area contributed by atoms with Gasteiger partial charge in [0.05, 0.1) is 6.26 Å². The van der Waals surface area contributed by atoms with E-state index in [-0.39, 0.29) is 6.04 Å². The van der Waals surface area contributed by atoms with Crippen LogP contribution in [0.2, 0.25) is 0 Å². The molecule has 0 fully saturated rings. The van der Waals surface area contributed by atoms with Gasteiger partial charge in [0.15, 0.2) is 0 Å². The Labute approximate surface area is 112 Å². The Kier molecular flexibility index (Phi) is 3.34. The fourth-order valence-electron chi connectivity index (χ4n) is 2.36. The second-order valence-corrected chi connectivity index (χ2v) is 4.83. The van der Waals surface area contributed by atoms with Gasteiger partial charge < -0.3 is 10.2 Å². The van der Waals surface area contributed by atoms with Crippen LogP contribution in [0, 0.1) is 0 Å². The minimum atomic E-state index is 0.0507. The number of aryl methyl sites for hydroxylation is 1. The zero-order chi connectivity index (χ0) is 13.1. The molecule has 2 N–H and O–H groups in total. The Balaban J connectivity index is 1.75. The van der Waals surface area contributed by atoms with Crippen LogP contribution in [0.15, 0.2) is 65.3 Å². The molecule has 0 aliphatic carbocycles. The summed E-state index contributed by atoms with van der Waals surface area (Å²) < 4.78 is 5.33. The Morgan fingerprint density at radius 2 is 1.79 bits per heavy atom. The van der Waals surface area contributed by atoms with Gasteiger partial charge in [-0.2, -0.15) is 0 Å². The molecule has 0 amide bonds. The molecule has 1 unspecified atom stereocenters. The Morgan fingerprint density at radius 1 is 0.947 bits per heavy atom. The van der Waals surface area contributed by atoms with E-state index in [1.807, 2.05) is 12.1 Å². The fraction of sp³-hybridized carbons (Fsp3) is 0.176. The van der Waals surface area contributed by atoms with E-state index in [0.29, 0.717) is 0 Å². The van der Waals surface area contributed by atoms with Crippen molar-refractivity contribution in [1.82, 2.24) is 0 Å². The van der Waals surface area contributed by atoms with Crippen LogP contribution in [0.1, 0.15) is 23.8 Å². The van der Waals surface area contributed by atoms with E-state index in [2.05, 4.69) is 42.5 Å². The molecule has 0 saturated carbocycles. The first-order valence-corrected chi connectivity index (χ1v) is 6.59. The van der Waals surface area contributed by atoms with Gasteiger partial charge in [0.1, 0.15) is 5.76 Å². The summed E-state index contributed by atoms with van der Waals surface area (Å²) in [6.45, 7) is 0. The van der Waals surface area contributed by atoms with Crippen LogP contribution in [0.3, 0.4) is 0 Å². The van der Waals surface area contributed by atoms with Crippen molar-refractivity contribution in [2.75, 3.05) is 0 Å². The van der Waals surface area contributed by atoms with Crippen molar-refractivity contribution in [3.8, 4) is 0 Å². The maximum Gasteiger partial charge on any atom is 0.103 e. The van der Waals surface area contributed by atoms with E-state index in [1.54, 1.807) is 6.26 Å². The van der Waals surface area contributed by atoms with Gasteiger partial charge in [-0.05, 0) is 41.0 Å². The van der Waals surface area contributed by atoms with Crippen LogP contribution >= 0.6 is 0 Å². The molecule has 1 aromatic heterocycles. The molecule has 0 radical (unpaired) electrons. The predicted octanol–water partition coefficient (Wildman–Crippen LogP) is 4.07. The largest absolute Gasteiger partial charge is 0.469 e. The van der Waals surface area contributed by atoms with Crippen LogP contribution in [-0.2, 0) is 6.42 Å². The maximum atomic E-state index is 6.26. The van der Waals surface area contributed by atoms with Crippen molar-refractivity contribution >= 4 is 10.8 Å². The third-order valence-electron chi connectivity index (χ3n) is 3.48. The summed E-state index contributed by atoms with van der Waals surface area (Å²) >= 11 is 0. The minimum absolute atomic E-state index is 0.0507. The normalized spacial score (nSPS) is 12.7. The van der Waals surface area contributed by atoms with Crippen LogP contribution < -0.4 is 5.73 Å². The minimum Gasteiger partial charge on any atom is -0.469 e. The van der Waals surface area contributed by atoms with Gasteiger partial charge in [0.25, 0.3) is 0 Å². The van der Waals surface area contributed by atoms with Crippen molar-refractivity contribution in [3.63, 3.8) is 0 Å². The number of hydrogen-bond donors (Lipinski definition) is 1. The summed E-state index contributed by atoms with van der Waals surface area (Å²) in [6.07, 6.45) is 3.48. The Morgan fingerprint density at radius 3 is 2.58 bits per heavy atom. The van der Waals surface area contributed by atoms with Crippen molar-refractivity contribution < 1.29 is 4.42 Å². The molecule has 2 aromatic carbocycles. The monoisotopic (exact) mass is 251 g/mol. The molecule has 2 heteroatoms. The first-order valence-electron chi connectivity index (χ1n) is 6.59. The number of furan rings is 1. The lowest BCUT2D eigenvalue weighted by Gasteiger charge is -2.12. The molecular formula is C17H17NO. The Bertz CT molecular complexity index is 658. The molecule has 0 bridgehead atoms. The van der Waals surface area contributed by atoms with Gasteiger partial charge >= 0.3 is 0 Å². The van der Waals surface area contributed by atoms with E-state index in [4.69, 9.17) is 10.2 Å². The molecule has 0 aliphatic rings. The standard InChI is InChI=1S/C17H17NO/c18-17(10-9-16-6-3-11-19-16)15-8-7-13-4-1-2-5-14(13)12-15/h1-8,11-12,17H,9-10,18H2. The lowest BCUT2D eigenvalue weighted by atomic mass is 9.99. The van der Waals surface area contributed by atoms with Crippen molar-refractivity contribution in [2.24, 2.45) is 5.73 Å². The van der Waals surface area contributed by atoms with Crippen LogP contribution in [-0.4, -0.2) is 0 Å². The van der Waals surface area contributed by atoms with Gasteiger partial charge in [-0.3, -0.25) is 0 Å². The highest BCUT2D eigenvalue weighted by atomic mass is 16.3. The highest BCUT2D eigenvalue weighted by Gasteiger charge is 2.08. The zero-order valence-electron chi connectivity index (χ0n) is 10.8. The first kappa shape index (κ1) is 12.0. The fourth-order valence-corrected chi connectivity index (χ4v) is 2.36. The lowest BCUT2D eigenvalue weighted by molar-refractivity contribution is 0.488. The number of fused-ring (bicyclic) bond motifs is 1. The number of benzene rings is 2. The third-order valence-corrected chi connectivity index (χ3v) is 3.48. The van der Waals surface area contributed by atoms with E-state index >= 15 is 0 Å². The number of nitrogens with two attached hydrogens (primary N) is 1. The second kappa shape index (κ2) is 5.29. The maximum absolute atomic E-state index is 6.26. The van der Waals surface area contributed by atoms with Crippen LogP contribution in [0.25, 0.3) is 10.8 Å². The molecule has 96 valence electrons. The highest BCUT2D eigenvalue weighted by molar-refractivity contribution is 5.83. The molecule has 0 saturated heterocycles. The summed E-state index contributed by atoms with van der Waals surface area (Å²) in [5.74, 6) is 0.997. The van der Waals surface area contributed by atoms with E-state index < -0.39 is 0 Å². The van der Waals surface area contributed by atoms with Gasteiger partial charge in [-0.25, -0.2) is 0 Å². The molecule has 3 aromatic rings. The summed E-state index contributed by atoms with van der Waals surface area (Å²) in [4.78, 5) is 0. The molecule has 1 atom stereocenters. The van der Waals surface area contributed by atoms with E-state index in [1.165, 1.54) is 16.3 Å². The SMILES string of the molecule is NC(CCc1ccco1)c1ccc2ccccc2c1. The van der Waals surface area contributed by atoms with Gasteiger partial charge in [-0.1, -0.05) is 36.4 Å². The zero-order valence-corrected chi connectivity index (χ0v) is 10.8. The first-order chi connectivity index (χ1) is 9.33. The van der Waals surface area contributed by atoms with Gasteiger partial charge in [0, 0.05) is 12.5 Å². The average Bonchev–Trinajstić information content (AvgIpc) is 2.97. The van der Waals surface area contributed by atoms with Crippen molar-refractivity contribution in [2.45, 2.75) is 18.9 Å². The molecule has 2 nitrogen and oxygen atoms in total. The molecule has 1 heterocycles. The van der Waals surface area contributed by atoms with Crippen molar-refractivity contribution in [3.05, 3.63) is 72.2 Å². The summed E-state index contributed by atoms with van der Waals surface area (Å²) in [6, 6.07) is 18.7. The average molecular weight is 251 g/mol. The quantitative estimate of drug-likeness (QED) is 0.759. The molecule has 19 heavy (non-hydrogen) atoms. The number of hydrogen-bond acceptors (Lipinski definition) is 2. The summed E-state index contributed by atoms with van der Waals surface area (Å²) in [7, 11) is 0. The summed E-state index contributed by atoms with van der Waals surface area (Å²) in [5, 5.41) is 2.50. The molecular weight excluding hydrogens is 234 g/mol. The lowest BCUT2D eigenvalue weighted by Crippen LogP contribution is -2.11. The van der Waals surface area contributed by atoms with Crippen LogP contribution in [0.5, 0.6) is 0 Å².